The number of nitrogens with zero attached hydrogens (tertiary/aromatic N) is 4. The van der Waals surface area contributed by atoms with Crippen molar-refractivity contribution in [2.75, 3.05) is 5.32 Å². The molecule has 153 valence electrons. The molecule has 1 N–H and O–H groups in total. The lowest BCUT2D eigenvalue weighted by molar-refractivity contribution is -0.192. The Balaban J connectivity index is 1.57. The first kappa shape index (κ1) is 19.0. The second-order valence-corrected chi connectivity index (χ2v) is 8.49. The van der Waals surface area contributed by atoms with E-state index in [0.29, 0.717) is 29.6 Å². The number of alkyl halides is 1. The van der Waals surface area contributed by atoms with Gasteiger partial charge in [-0.15, -0.1) is 0 Å². The summed E-state index contributed by atoms with van der Waals surface area (Å²) in [5, 5.41) is 17.9. The third kappa shape index (κ3) is 2.97. The average Bonchev–Trinajstić information content (AvgIpc) is 3.26. The molecular formula is C19H20ClFN5O3. The van der Waals surface area contributed by atoms with Crippen molar-refractivity contribution >= 4 is 28.3 Å². The molecule has 3 fully saturated rings. The largest absolute Gasteiger partial charge is 0.380 e. The Morgan fingerprint density at radius 2 is 2.10 bits per heavy atom. The fraction of sp³-hybridized carbons (Fsp3) is 0.579. The Morgan fingerprint density at radius 3 is 2.79 bits per heavy atom. The van der Waals surface area contributed by atoms with E-state index in [1.165, 1.54) is 0 Å². The summed E-state index contributed by atoms with van der Waals surface area (Å²) in [4.78, 5) is 4.39. The van der Waals surface area contributed by atoms with Crippen molar-refractivity contribution in [1.82, 2.24) is 14.8 Å². The first-order valence-corrected chi connectivity index (χ1v) is 9.87. The highest BCUT2D eigenvalue weighted by molar-refractivity contribution is 6.31. The minimum Gasteiger partial charge on any atom is -0.380 e. The number of hydrogen-bond acceptors (Lipinski definition) is 7. The summed E-state index contributed by atoms with van der Waals surface area (Å²) in [6, 6.07) is 2.02. The van der Waals surface area contributed by atoms with Gasteiger partial charge < -0.3 is 19.5 Å². The van der Waals surface area contributed by atoms with Crippen LogP contribution < -0.4 is 5.32 Å². The Bertz CT molecular complexity index is 1020. The van der Waals surface area contributed by atoms with Gasteiger partial charge >= 0.3 is 0 Å². The molecule has 0 bridgehead atoms. The van der Waals surface area contributed by atoms with Gasteiger partial charge in [0.2, 0.25) is 0 Å². The number of nitrogens with one attached hydrogen (secondary N) is 1. The number of anilines is 1. The summed E-state index contributed by atoms with van der Waals surface area (Å²) in [6.45, 7) is 7.68. The molecule has 2 saturated heterocycles. The number of ether oxygens (including phenoxy) is 3. The third-order valence-electron chi connectivity index (χ3n) is 5.61. The van der Waals surface area contributed by atoms with Crippen molar-refractivity contribution in [3.05, 3.63) is 23.8 Å². The van der Waals surface area contributed by atoms with E-state index in [-0.39, 0.29) is 22.9 Å². The molecule has 0 spiro atoms. The molecule has 29 heavy (non-hydrogen) atoms. The van der Waals surface area contributed by atoms with Gasteiger partial charge in [-0.1, -0.05) is 11.6 Å². The second-order valence-electron chi connectivity index (χ2n) is 8.13. The lowest BCUT2D eigenvalue weighted by atomic mass is 9.90. The van der Waals surface area contributed by atoms with Crippen LogP contribution in [0.1, 0.15) is 38.5 Å². The SMILES string of the molecule is [CH2][C@H]1O[C@@H](n2ncc3c(NC4CC(F)C4)c(C#N)c(Cl)nc32)[C@@H]2OC(C)(C)O[C@@H]21. The highest BCUT2D eigenvalue weighted by atomic mass is 35.5. The molecule has 1 saturated carbocycles. The molecule has 3 aliphatic rings. The Kier molecular flexibility index (Phi) is 4.26. The molecule has 2 aromatic rings. The van der Waals surface area contributed by atoms with Crippen LogP contribution in [0.15, 0.2) is 6.20 Å². The number of fused-ring (bicyclic) bond motifs is 2. The maximum absolute atomic E-state index is 13.3. The van der Waals surface area contributed by atoms with Crippen LogP contribution in [-0.2, 0) is 14.2 Å². The zero-order valence-corrected chi connectivity index (χ0v) is 16.7. The molecule has 4 atom stereocenters. The van der Waals surface area contributed by atoms with Crippen molar-refractivity contribution in [2.24, 2.45) is 0 Å². The van der Waals surface area contributed by atoms with E-state index >= 15 is 0 Å². The van der Waals surface area contributed by atoms with Crippen LogP contribution in [0.2, 0.25) is 5.15 Å². The first-order valence-electron chi connectivity index (χ1n) is 9.49. The van der Waals surface area contributed by atoms with Crippen LogP contribution in [0, 0.1) is 18.3 Å². The molecular weight excluding hydrogens is 401 g/mol. The molecule has 0 amide bonds. The van der Waals surface area contributed by atoms with E-state index in [2.05, 4.69) is 28.4 Å². The molecule has 1 aliphatic carbocycles. The average molecular weight is 421 g/mol. The number of hydrogen-bond donors (Lipinski definition) is 1. The lowest BCUT2D eigenvalue weighted by Crippen LogP contribution is -2.36. The Morgan fingerprint density at radius 1 is 1.38 bits per heavy atom. The quantitative estimate of drug-likeness (QED) is 0.762. The number of pyridine rings is 1. The van der Waals surface area contributed by atoms with E-state index in [0.717, 1.165) is 0 Å². The summed E-state index contributed by atoms with van der Waals surface area (Å²) in [5.74, 6) is -0.755. The molecule has 2 aliphatic heterocycles. The number of nitriles is 1. The fourth-order valence-corrected chi connectivity index (χ4v) is 4.41. The smallest absolute Gasteiger partial charge is 0.181 e. The number of halogens is 2. The maximum atomic E-state index is 13.3. The maximum Gasteiger partial charge on any atom is 0.181 e. The van der Waals surface area contributed by atoms with Gasteiger partial charge in [-0.05, 0) is 33.6 Å². The minimum absolute atomic E-state index is 0.0463. The summed E-state index contributed by atoms with van der Waals surface area (Å²) in [6.07, 6.45) is -0.241. The van der Waals surface area contributed by atoms with Crippen LogP contribution in [0.3, 0.4) is 0 Å². The van der Waals surface area contributed by atoms with Gasteiger partial charge in [0.25, 0.3) is 0 Å². The van der Waals surface area contributed by atoms with Gasteiger partial charge in [-0.2, -0.15) is 10.4 Å². The fourth-order valence-electron chi connectivity index (χ4n) is 4.19. The van der Waals surface area contributed by atoms with E-state index in [9.17, 15) is 9.65 Å². The van der Waals surface area contributed by atoms with Crippen molar-refractivity contribution in [2.45, 2.75) is 69.2 Å². The van der Waals surface area contributed by atoms with Gasteiger partial charge in [-0.25, -0.2) is 14.1 Å². The van der Waals surface area contributed by atoms with Gasteiger partial charge in [0.05, 0.1) is 23.4 Å². The summed E-state index contributed by atoms with van der Waals surface area (Å²) >= 11 is 6.30. The zero-order valence-electron chi connectivity index (χ0n) is 15.9. The number of aromatic nitrogens is 3. The van der Waals surface area contributed by atoms with Crippen molar-refractivity contribution in [1.29, 1.82) is 5.26 Å². The Labute approximate surface area is 171 Å². The molecule has 5 rings (SSSR count). The highest BCUT2D eigenvalue weighted by Gasteiger charge is 2.55. The van der Waals surface area contributed by atoms with E-state index in [4.69, 9.17) is 25.8 Å². The number of rotatable bonds is 3. The zero-order chi connectivity index (χ0) is 20.5. The van der Waals surface area contributed by atoms with Crippen LogP contribution in [-0.4, -0.2) is 51.1 Å². The van der Waals surface area contributed by atoms with Gasteiger partial charge in [-0.3, -0.25) is 0 Å². The molecule has 8 nitrogen and oxygen atoms in total. The summed E-state index contributed by atoms with van der Waals surface area (Å²) in [5.41, 5.74) is 1.16. The lowest BCUT2D eigenvalue weighted by Gasteiger charge is -2.31. The van der Waals surface area contributed by atoms with Crippen LogP contribution in [0.4, 0.5) is 10.1 Å². The summed E-state index contributed by atoms with van der Waals surface area (Å²) in [7, 11) is 0. The molecule has 0 aromatic carbocycles. The molecule has 2 aromatic heterocycles. The van der Waals surface area contributed by atoms with Gasteiger partial charge in [0, 0.05) is 6.04 Å². The molecule has 1 radical (unpaired) electrons. The minimum atomic E-state index is -0.825. The second kappa shape index (κ2) is 6.51. The van der Waals surface area contributed by atoms with Gasteiger partial charge in [0.15, 0.2) is 22.8 Å². The third-order valence-corrected chi connectivity index (χ3v) is 5.88. The van der Waals surface area contributed by atoms with Crippen molar-refractivity contribution in [3.63, 3.8) is 0 Å². The van der Waals surface area contributed by atoms with E-state index in [1.54, 1.807) is 10.9 Å². The van der Waals surface area contributed by atoms with Gasteiger partial charge in [0.1, 0.15) is 30.0 Å². The van der Waals surface area contributed by atoms with E-state index in [1.807, 2.05) is 13.8 Å². The topological polar surface area (TPSA) is 94.2 Å². The highest BCUT2D eigenvalue weighted by Crippen LogP contribution is 2.44. The molecule has 10 heteroatoms. The predicted octanol–water partition coefficient (Wildman–Crippen LogP) is 3.12. The normalized spacial score (nSPS) is 35.3. The van der Waals surface area contributed by atoms with Crippen molar-refractivity contribution in [3.8, 4) is 6.07 Å². The van der Waals surface area contributed by atoms with Crippen LogP contribution >= 0.6 is 11.6 Å². The monoisotopic (exact) mass is 420 g/mol. The summed E-state index contributed by atoms with van der Waals surface area (Å²) < 4.78 is 32.7. The standard InChI is InChI=1S/C19H20ClFN5O3/c1-8-14-15(29-19(2,3)28-14)18(27-8)26-17-12(7-23-26)13(11(6-22)16(20)25-17)24-10-4-9(21)5-10/h7-10,14-15,18H,1,4-5H2,2-3H3,(H,24,25)/t8-,9?,10?,14-,15-,18-/m1/s1. The van der Waals surface area contributed by atoms with Crippen molar-refractivity contribution < 1.29 is 18.6 Å². The van der Waals surface area contributed by atoms with E-state index < -0.39 is 30.4 Å². The van der Waals surface area contributed by atoms with Crippen LogP contribution in [0.25, 0.3) is 11.0 Å². The predicted molar refractivity (Wildman–Crippen MR) is 102 cm³/mol. The molecule has 0 unspecified atom stereocenters. The van der Waals surface area contributed by atoms with Crippen LogP contribution in [0.5, 0.6) is 0 Å². The first-order chi connectivity index (χ1) is 13.8. The molecule has 4 heterocycles. The Hall–Kier alpha value is -1.99.